The Labute approximate surface area is 216 Å². The molecule has 0 aromatic rings. The minimum absolute atomic E-state index is 1.21. The van der Waals surface area contributed by atoms with Gasteiger partial charge >= 0.3 is 0 Å². The van der Waals surface area contributed by atoms with Gasteiger partial charge in [0.05, 0.1) is 0 Å². The first kappa shape index (κ1) is 33.8. The summed E-state index contributed by atoms with van der Waals surface area (Å²) in [6, 6.07) is 0. The molecule has 0 aliphatic heterocycles. The van der Waals surface area contributed by atoms with E-state index in [-0.39, 0.29) is 0 Å². The largest absolute Gasteiger partial charge is 0.317 e. The summed E-state index contributed by atoms with van der Waals surface area (Å²) in [5.74, 6) is 0. The molecule has 0 aromatic heterocycles. The van der Waals surface area contributed by atoms with Crippen molar-refractivity contribution < 1.29 is 0 Å². The van der Waals surface area contributed by atoms with Crippen molar-refractivity contribution in [2.45, 2.75) is 142 Å². The molecule has 0 fully saturated rings. The molecule has 0 heterocycles. The van der Waals surface area contributed by atoms with Crippen LogP contribution in [0.4, 0.5) is 0 Å². The second kappa shape index (κ2) is 32.8. The van der Waals surface area contributed by atoms with Gasteiger partial charge in [-0.25, -0.2) is 0 Å². The van der Waals surface area contributed by atoms with Gasteiger partial charge < -0.3 is 21.3 Å². The van der Waals surface area contributed by atoms with Crippen LogP contribution in [0.1, 0.15) is 142 Å². The number of unbranched alkanes of at least 4 members (excludes halogenated alkanes) is 15. The lowest BCUT2D eigenvalue weighted by Crippen LogP contribution is -2.18. The zero-order valence-corrected chi connectivity index (χ0v) is 23.8. The van der Waals surface area contributed by atoms with E-state index in [9.17, 15) is 0 Å². The molecule has 0 bridgehead atoms. The number of hydrogen-bond donors (Lipinski definition) is 4. The topological polar surface area (TPSA) is 48.1 Å². The van der Waals surface area contributed by atoms with Gasteiger partial charge in [-0.15, -0.1) is 0 Å². The SMILES string of the molecule is CCCCCCNCCCCCCNCCCCCCNCCCCCCNCCCCCC. The van der Waals surface area contributed by atoms with Crippen molar-refractivity contribution in [3.8, 4) is 0 Å². The third-order valence-electron chi connectivity index (χ3n) is 6.79. The average Bonchev–Trinajstić information content (AvgIpc) is 2.85. The van der Waals surface area contributed by atoms with Crippen molar-refractivity contribution in [1.29, 1.82) is 0 Å². The summed E-state index contributed by atoms with van der Waals surface area (Å²) < 4.78 is 0. The summed E-state index contributed by atoms with van der Waals surface area (Å²) in [5, 5.41) is 14.4. The first-order valence-electron chi connectivity index (χ1n) is 15.7. The molecule has 0 amide bonds. The van der Waals surface area contributed by atoms with Crippen LogP contribution in [-0.4, -0.2) is 52.4 Å². The first-order valence-corrected chi connectivity index (χ1v) is 15.7. The number of nitrogens with one attached hydrogen (secondary N) is 4. The zero-order chi connectivity index (χ0) is 24.6. The molecule has 0 aliphatic carbocycles. The fourth-order valence-corrected chi connectivity index (χ4v) is 4.41. The average molecular weight is 483 g/mol. The molecule has 0 aromatic carbocycles. The van der Waals surface area contributed by atoms with Gasteiger partial charge in [0.1, 0.15) is 0 Å². The van der Waals surface area contributed by atoms with Gasteiger partial charge in [0, 0.05) is 0 Å². The van der Waals surface area contributed by atoms with Gasteiger partial charge in [0.2, 0.25) is 0 Å². The third kappa shape index (κ3) is 31.8. The molecule has 0 saturated heterocycles. The van der Waals surface area contributed by atoms with Crippen LogP contribution in [-0.2, 0) is 0 Å². The molecule has 0 aliphatic rings. The van der Waals surface area contributed by atoms with Crippen LogP contribution in [0.25, 0.3) is 0 Å². The van der Waals surface area contributed by atoms with E-state index in [4.69, 9.17) is 0 Å². The van der Waals surface area contributed by atoms with E-state index in [1.165, 1.54) is 181 Å². The van der Waals surface area contributed by atoms with E-state index in [0.717, 1.165) is 0 Å². The van der Waals surface area contributed by atoms with Gasteiger partial charge in [-0.3, -0.25) is 0 Å². The Balaban J connectivity index is 2.99. The van der Waals surface area contributed by atoms with Gasteiger partial charge in [-0.1, -0.05) is 90.9 Å². The quantitative estimate of drug-likeness (QED) is 0.0790. The maximum absolute atomic E-state index is 3.64. The lowest BCUT2D eigenvalue weighted by molar-refractivity contribution is 0.526. The van der Waals surface area contributed by atoms with E-state index >= 15 is 0 Å². The molecule has 4 nitrogen and oxygen atoms in total. The first-order chi connectivity index (χ1) is 16.9. The summed E-state index contributed by atoms with van der Waals surface area (Å²) in [7, 11) is 0. The molecule has 4 heteroatoms. The fourth-order valence-electron chi connectivity index (χ4n) is 4.41. The smallest absolute Gasteiger partial charge is 0.00489 e. The molecular weight excluding hydrogens is 416 g/mol. The highest BCUT2D eigenvalue weighted by atomic mass is 14.9. The van der Waals surface area contributed by atoms with Crippen molar-refractivity contribution in [2.24, 2.45) is 0 Å². The summed E-state index contributed by atoms with van der Waals surface area (Å²) >= 11 is 0. The van der Waals surface area contributed by atoms with E-state index in [1.807, 2.05) is 0 Å². The van der Waals surface area contributed by atoms with Crippen molar-refractivity contribution in [1.82, 2.24) is 21.3 Å². The van der Waals surface area contributed by atoms with E-state index in [1.54, 1.807) is 0 Å². The fraction of sp³-hybridized carbons (Fsp3) is 1.00. The second-order valence-electron chi connectivity index (χ2n) is 10.4. The number of hydrogen-bond acceptors (Lipinski definition) is 4. The molecule has 34 heavy (non-hydrogen) atoms. The van der Waals surface area contributed by atoms with Crippen LogP contribution < -0.4 is 21.3 Å². The Morgan fingerprint density at radius 3 is 0.588 bits per heavy atom. The normalized spacial score (nSPS) is 11.5. The van der Waals surface area contributed by atoms with Crippen LogP contribution in [0.15, 0.2) is 0 Å². The predicted octanol–water partition coefficient (Wildman–Crippen LogP) is 7.19. The Hall–Kier alpha value is -0.160. The van der Waals surface area contributed by atoms with Gasteiger partial charge in [0.25, 0.3) is 0 Å². The van der Waals surface area contributed by atoms with Gasteiger partial charge in [0.15, 0.2) is 0 Å². The Morgan fingerprint density at radius 1 is 0.235 bits per heavy atom. The number of rotatable bonds is 31. The molecule has 0 rings (SSSR count). The van der Waals surface area contributed by atoms with Gasteiger partial charge in [-0.2, -0.15) is 0 Å². The van der Waals surface area contributed by atoms with Crippen LogP contribution in [0.3, 0.4) is 0 Å². The highest BCUT2D eigenvalue weighted by molar-refractivity contribution is 4.55. The molecule has 0 radical (unpaired) electrons. The molecule has 0 atom stereocenters. The van der Waals surface area contributed by atoms with Crippen LogP contribution in [0.5, 0.6) is 0 Å². The summed E-state index contributed by atoms with van der Waals surface area (Å²) in [6.07, 6.45) is 27.3. The van der Waals surface area contributed by atoms with E-state index < -0.39 is 0 Å². The second-order valence-corrected chi connectivity index (χ2v) is 10.4. The highest BCUT2D eigenvalue weighted by Gasteiger charge is 1.95. The molecule has 0 saturated carbocycles. The molecular formula is C30H66N4. The summed E-state index contributed by atoms with van der Waals surface area (Å²) in [5.41, 5.74) is 0. The monoisotopic (exact) mass is 483 g/mol. The Kier molecular flexibility index (Phi) is 32.7. The van der Waals surface area contributed by atoms with Gasteiger partial charge in [-0.05, 0) is 104 Å². The molecule has 0 spiro atoms. The van der Waals surface area contributed by atoms with Crippen LogP contribution in [0, 0.1) is 0 Å². The van der Waals surface area contributed by atoms with E-state index in [0.29, 0.717) is 0 Å². The van der Waals surface area contributed by atoms with Crippen molar-refractivity contribution in [3.05, 3.63) is 0 Å². The predicted molar refractivity (Wildman–Crippen MR) is 155 cm³/mol. The molecule has 4 N–H and O–H groups in total. The standard InChI is InChI=1S/C30H66N4/c1-3-5-7-15-23-31-25-17-9-11-19-27-33-29-21-13-14-22-30-34-28-20-12-10-18-26-32-24-16-8-6-4-2/h31-34H,3-30H2,1-2H3. The summed E-state index contributed by atoms with van der Waals surface area (Å²) in [4.78, 5) is 0. The van der Waals surface area contributed by atoms with Crippen LogP contribution >= 0.6 is 0 Å². The lowest BCUT2D eigenvalue weighted by atomic mass is 10.1. The highest BCUT2D eigenvalue weighted by Crippen LogP contribution is 2.02. The minimum atomic E-state index is 1.21. The third-order valence-corrected chi connectivity index (χ3v) is 6.79. The van der Waals surface area contributed by atoms with Crippen molar-refractivity contribution in [3.63, 3.8) is 0 Å². The summed E-state index contributed by atoms with van der Waals surface area (Å²) in [6.45, 7) is 14.3. The lowest BCUT2D eigenvalue weighted by Gasteiger charge is -2.07. The van der Waals surface area contributed by atoms with E-state index in [2.05, 4.69) is 35.1 Å². The Morgan fingerprint density at radius 2 is 0.412 bits per heavy atom. The van der Waals surface area contributed by atoms with Crippen LogP contribution in [0.2, 0.25) is 0 Å². The van der Waals surface area contributed by atoms with Crippen molar-refractivity contribution >= 4 is 0 Å². The molecule has 206 valence electrons. The minimum Gasteiger partial charge on any atom is -0.317 e. The van der Waals surface area contributed by atoms with Crippen molar-refractivity contribution in [2.75, 3.05) is 52.4 Å². The zero-order valence-electron chi connectivity index (χ0n) is 23.8. The maximum Gasteiger partial charge on any atom is -0.00489 e. The maximum atomic E-state index is 3.64. The Bertz CT molecular complexity index is 306. The molecule has 0 unspecified atom stereocenters.